The van der Waals surface area contributed by atoms with Crippen LogP contribution in [0.15, 0.2) is 23.8 Å². The van der Waals surface area contributed by atoms with Crippen molar-refractivity contribution < 1.29 is 0 Å². The van der Waals surface area contributed by atoms with E-state index in [0.717, 1.165) is 24.8 Å². The SMILES string of the molecule is CCC1=Cc2ccc(C#N)cc2CC1. The third-order valence-corrected chi connectivity index (χ3v) is 2.80. The van der Waals surface area contributed by atoms with E-state index < -0.39 is 0 Å². The molecule has 1 aliphatic carbocycles. The molecular weight excluding hydrogens is 170 g/mol. The molecule has 1 aliphatic rings. The zero-order valence-electron chi connectivity index (χ0n) is 8.38. The van der Waals surface area contributed by atoms with Gasteiger partial charge in [-0.15, -0.1) is 0 Å². The molecule has 0 heterocycles. The van der Waals surface area contributed by atoms with Crippen LogP contribution in [0.3, 0.4) is 0 Å². The summed E-state index contributed by atoms with van der Waals surface area (Å²) >= 11 is 0. The van der Waals surface area contributed by atoms with Gasteiger partial charge in [-0.25, -0.2) is 0 Å². The van der Waals surface area contributed by atoms with Gasteiger partial charge in [0.25, 0.3) is 0 Å². The summed E-state index contributed by atoms with van der Waals surface area (Å²) in [5, 5.41) is 8.77. The maximum Gasteiger partial charge on any atom is 0.0991 e. The van der Waals surface area contributed by atoms with Crippen molar-refractivity contribution >= 4 is 6.08 Å². The lowest BCUT2D eigenvalue weighted by molar-refractivity contribution is 0.875. The molecule has 0 unspecified atom stereocenters. The lowest BCUT2D eigenvalue weighted by Crippen LogP contribution is -1.99. The van der Waals surface area contributed by atoms with Crippen LogP contribution in [-0.4, -0.2) is 0 Å². The summed E-state index contributed by atoms with van der Waals surface area (Å²) in [7, 11) is 0. The average Bonchev–Trinajstić information content (AvgIpc) is 2.27. The summed E-state index contributed by atoms with van der Waals surface area (Å²) < 4.78 is 0. The predicted octanol–water partition coefficient (Wildman–Crippen LogP) is 3.30. The standard InChI is InChI=1S/C13H13N/c1-2-10-3-5-13-8-11(9-14)4-6-12(13)7-10/h4,6-8H,2-3,5H2,1H3. The number of allylic oxidation sites excluding steroid dienone is 1. The van der Waals surface area contributed by atoms with Gasteiger partial charge in [0.2, 0.25) is 0 Å². The maximum absolute atomic E-state index is 8.77. The Balaban J connectivity index is 2.43. The van der Waals surface area contributed by atoms with E-state index in [9.17, 15) is 0 Å². The highest BCUT2D eigenvalue weighted by Gasteiger charge is 2.09. The quantitative estimate of drug-likeness (QED) is 0.655. The van der Waals surface area contributed by atoms with Gasteiger partial charge in [-0.1, -0.05) is 24.6 Å². The summed E-state index contributed by atoms with van der Waals surface area (Å²) in [6, 6.07) is 8.15. The van der Waals surface area contributed by atoms with Crippen LogP contribution >= 0.6 is 0 Å². The molecule has 2 rings (SSSR count). The minimum Gasteiger partial charge on any atom is -0.192 e. The van der Waals surface area contributed by atoms with Crippen LogP contribution in [0.4, 0.5) is 0 Å². The van der Waals surface area contributed by atoms with Crippen molar-refractivity contribution in [1.29, 1.82) is 5.26 Å². The normalized spacial score (nSPS) is 14.1. The smallest absolute Gasteiger partial charge is 0.0991 e. The molecule has 0 atom stereocenters. The van der Waals surface area contributed by atoms with Crippen molar-refractivity contribution in [2.75, 3.05) is 0 Å². The molecule has 0 saturated carbocycles. The van der Waals surface area contributed by atoms with Crippen LogP contribution in [-0.2, 0) is 6.42 Å². The van der Waals surface area contributed by atoms with Gasteiger partial charge in [0.1, 0.15) is 0 Å². The van der Waals surface area contributed by atoms with Crippen LogP contribution in [0.1, 0.15) is 36.5 Å². The van der Waals surface area contributed by atoms with Gasteiger partial charge in [0.15, 0.2) is 0 Å². The number of nitriles is 1. The average molecular weight is 183 g/mol. The molecule has 0 aliphatic heterocycles. The third-order valence-electron chi connectivity index (χ3n) is 2.80. The molecule has 1 aromatic rings. The largest absolute Gasteiger partial charge is 0.192 e. The number of aryl methyl sites for hydroxylation is 1. The van der Waals surface area contributed by atoms with Crippen LogP contribution in [0, 0.1) is 11.3 Å². The molecule has 0 N–H and O–H groups in total. The molecule has 1 heteroatoms. The fourth-order valence-electron chi connectivity index (χ4n) is 1.90. The summed E-state index contributed by atoms with van der Waals surface area (Å²) in [5.41, 5.74) is 4.91. The fraction of sp³-hybridized carbons (Fsp3) is 0.308. The van der Waals surface area contributed by atoms with Gasteiger partial charge in [-0.05, 0) is 42.5 Å². The van der Waals surface area contributed by atoms with Crippen LogP contribution < -0.4 is 0 Å². The first-order chi connectivity index (χ1) is 6.83. The highest BCUT2D eigenvalue weighted by atomic mass is 14.2. The monoisotopic (exact) mass is 183 g/mol. The molecule has 70 valence electrons. The minimum atomic E-state index is 0.775. The van der Waals surface area contributed by atoms with E-state index in [1.807, 2.05) is 12.1 Å². The molecule has 0 spiro atoms. The number of rotatable bonds is 1. The van der Waals surface area contributed by atoms with E-state index in [4.69, 9.17) is 5.26 Å². The highest BCUT2D eigenvalue weighted by molar-refractivity contribution is 5.60. The Morgan fingerprint density at radius 2 is 2.21 bits per heavy atom. The summed E-state index contributed by atoms with van der Waals surface area (Å²) in [4.78, 5) is 0. The Bertz CT molecular complexity index is 421. The number of hydrogen-bond acceptors (Lipinski definition) is 1. The van der Waals surface area contributed by atoms with Crippen LogP contribution in [0.2, 0.25) is 0 Å². The second-order valence-electron chi connectivity index (χ2n) is 3.68. The van der Waals surface area contributed by atoms with E-state index >= 15 is 0 Å². The molecule has 0 amide bonds. The molecule has 1 aromatic carbocycles. The molecule has 1 nitrogen and oxygen atoms in total. The topological polar surface area (TPSA) is 23.8 Å². The molecule has 0 bridgehead atoms. The molecule has 0 aromatic heterocycles. The molecular formula is C13H13N. The van der Waals surface area contributed by atoms with Crippen molar-refractivity contribution in [2.45, 2.75) is 26.2 Å². The van der Waals surface area contributed by atoms with Crippen molar-refractivity contribution in [3.8, 4) is 6.07 Å². The van der Waals surface area contributed by atoms with E-state index in [1.165, 1.54) is 16.7 Å². The van der Waals surface area contributed by atoms with Gasteiger partial charge in [-0.3, -0.25) is 0 Å². The maximum atomic E-state index is 8.77. The number of benzene rings is 1. The second-order valence-corrected chi connectivity index (χ2v) is 3.68. The number of hydrogen-bond donors (Lipinski definition) is 0. The molecule has 14 heavy (non-hydrogen) atoms. The Kier molecular flexibility index (Phi) is 2.37. The summed E-state index contributed by atoms with van der Waals surface area (Å²) in [6.07, 6.45) is 5.64. The summed E-state index contributed by atoms with van der Waals surface area (Å²) in [6.45, 7) is 2.19. The van der Waals surface area contributed by atoms with Crippen LogP contribution in [0.25, 0.3) is 6.08 Å². The first-order valence-corrected chi connectivity index (χ1v) is 5.06. The zero-order valence-corrected chi connectivity index (χ0v) is 8.38. The van der Waals surface area contributed by atoms with Gasteiger partial charge in [0.05, 0.1) is 11.6 Å². The number of fused-ring (bicyclic) bond motifs is 1. The van der Waals surface area contributed by atoms with E-state index in [2.05, 4.69) is 25.1 Å². The predicted molar refractivity (Wildman–Crippen MR) is 57.7 cm³/mol. The first-order valence-electron chi connectivity index (χ1n) is 5.06. The Labute approximate surface area is 84.7 Å². The van der Waals surface area contributed by atoms with E-state index in [0.29, 0.717) is 0 Å². The van der Waals surface area contributed by atoms with Crippen molar-refractivity contribution in [3.63, 3.8) is 0 Å². The van der Waals surface area contributed by atoms with Crippen molar-refractivity contribution in [3.05, 3.63) is 40.5 Å². The molecule has 0 radical (unpaired) electrons. The Morgan fingerprint density at radius 1 is 1.36 bits per heavy atom. The number of nitrogens with zero attached hydrogens (tertiary/aromatic N) is 1. The van der Waals surface area contributed by atoms with Gasteiger partial charge in [-0.2, -0.15) is 5.26 Å². The third kappa shape index (κ3) is 1.56. The molecule has 0 saturated heterocycles. The van der Waals surface area contributed by atoms with Gasteiger partial charge < -0.3 is 0 Å². The van der Waals surface area contributed by atoms with Crippen molar-refractivity contribution in [1.82, 2.24) is 0 Å². The van der Waals surface area contributed by atoms with E-state index in [1.54, 1.807) is 0 Å². The van der Waals surface area contributed by atoms with E-state index in [-0.39, 0.29) is 0 Å². The van der Waals surface area contributed by atoms with Crippen molar-refractivity contribution in [2.24, 2.45) is 0 Å². The van der Waals surface area contributed by atoms with Crippen LogP contribution in [0.5, 0.6) is 0 Å². The molecule has 0 fully saturated rings. The van der Waals surface area contributed by atoms with Gasteiger partial charge in [0, 0.05) is 0 Å². The second kappa shape index (κ2) is 3.67. The minimum absolute atomic E-state index is 0.775. The summed E-state index contributed by atoms with van der Waals surface area (Å²) in [5.74, 6) is 0. The lowest BCUT2D eigenvalue weighted by Gasteiger charge is -2.15. The first kappa shape index (κ1) is 9.02. The fourth-order valence-corrected chi connectivity index (χ4v) is 1.90. The van der Waals surface area contributed by atoms with Gasteiger partial charge >= 0.3 is 0 Å². The highest BCUT2D eigenvalue weighted by Crippen LogP contribution is 2.26. The lowest BCUT2D eigenvalue weighted by atomic mass is 9.90. The Morgan fingerprint density at radius 3 is 2.93 bits per heavy atom. The zero-order chi connectivity index (χ0) is 9.97. The Hall–Kier alpha value is -1.55.